The van der Waals surface area contributed by atoms with Gasteiger partial charge in [-0.3, -0.25) is 9.59 Å². The van der Waals surface area contributed by atoms with Crippen molar-refractivity contribution in [3.63, 3.8) is 0 Å². The third kappa shape index (κ3) is 5.93. The van der Waals surface area contributed by atoms with Crippen molar-refractivity contribution in [1.29, 1.82) is 0 Å². The highest BCUT2D eigenvalue weighted by Gasteiger charge is 2.25. The van der Waals surface area contributed by atoms with Gasteiger partial charge in [-0.2, -0.15) is 0 Å². The summed E-state index contributed by atoms with van der Waals surface area (Å²) in [4.78, 5) is 39.7. The van der Waals surface area contributed by atoms with Crippen LogP contribution in [0.1, 0.15) is 74.6 Å². The van der Waals surface area contributed by atoms with E-state index in [0.717, 1.165) is 32.1 Å². The highest BCUT2D eigenvalue weighted by atomic mass is 32.2. The molecular formula is C24H29N3O6S. The molecule has 1 heterocycles. The number of anilines is 1. The van der Waals surface area contributed by atoms with Crippen molar-refractivity contribution in [2.24, 2.45) is 0 Å². The zero-order valence-electron chi connectivity index (χ0n) is 19.4. The van der Waals surface area contributed by atoms with Gasteiger partial charge in [0.15, 0.2) is 12.6 Å². The Bertz CT molecular complexity index is 1130. The number of aromatic amines is 1. The fourth-order valence-corrected chi connectivity index (χ4v) is 4.56. The predicted molar refractivity (Wildman–Crippen MR) is 131 cm³/mol. The molecule has 1 aromatic carbocycles. The van der Waals surface area contributed by atoms with E-state index in [4.69, 9.17) is 4.74 Å². The molecule has 3 N–H and O–H groups in total. The summed E-state index contributed by atoms with van der Waals surface area (Å²) < 4.78 is 20.9. The van der Waals surface area contributed by atoms with Gasteiger partial charge in [0.2, 0.25) is 0 Å². The maximum absolute atomic E-state index is 12.0. The number of aromatic nitrogens is 1. The van der Waals surface area contributed by atoms with Gasteiger partial charge in [0.1, 0.15) is 16.7 Å². The number of nitrogens with zero attached hydrogens (tertiary/aromatic N) is 1. The van der Waals surface area contributed by atoms with E-state index >= 15 is 0 Å². The number of rotatable bonds is 10. The van der Waals surface area contributed by atoms with Crippen LogP contribution in [0.3, 0.4) is 0 Å². The molecule has 3 rings (SSSR count). The molecular weight excluding hydrogens is 458 g/mol. The first kappa shape index (κ1) is 25.2. The van der Waals surface area contributed by atoms with Crippen molar-refractivity contribution in [2.75, 3.05) is 25.1 Å². The smallest absolute Gasteiger partial charge is 0.337 e. The summed E-state index contributed by atoms with van der Waals surface area (Å²) in [6.07, 6.45) is 9.22. The Morgan fingerprint density at radius 3 is 2.38 bits per heavy atom. The van der Waals surface area contributed by atoms with Crippen LogP contribution in [0.4, 0.5) is 5.69 Å². The van der Waals surface area contributed by atoms with Gasteiger partial charge < -0.3 is 24.4 Å². The number of carboxylic acid groups (broad SMARTS) is 1. The van der Waals surface area contributed by atoms with Gasteiger partial charge in [0.25, 0.3) is 0 Å². The summed E-state index contributed by atoms with van der Waals surface area (Å²) in [7, 11) is 2.08. The molecule has 0 radical (unpaired) electrons. The largest absolute Gasteiger partial charge is 0.490 e. The van der Waals surface area contributed by atoms with Crippen LogP contribution in [0.25, 0.3) is 5.57 Å². The van der Waals surface area contributed by atoms with Crippen LogP contribution < -0.4 is 9.46 Å². The lowest BCUT2D eigenvalue weighted by Crippen LogP contribution is -2.21. The zero-order valence-corrected chi connectivity index (χ0v) is 20.2. The second kappa shape index (κ2) is 11.1. The van der Waals surface area contributed by atoms with Gasteiger partial charge in [-0.15, -0.1) is 0 Å². The van der Waals surface area contributed by atoms with E-state index in [0.29, 0.717) is 35.0 Å². The van der Waals surface area contributed by atoms with E-state index in [1.54, 1.807) is 37.3 Å². The molecule has 2 aromatic rings. The summed E-state index contributed by atoms with van der Waals surface area (Å²) in [5.74, 6) is -0.847. The molecule has 1 saturated carbocycles. The summed E-state index contributed by atoms with van der Waals surface area (Å²) in [5.41, 5.74) is 2.03. The SMILES string of the molecule is CN(C)/C=C(/c1cc(NS(C)=O)c(C(=O)O)cc1OC1CCCCC1)c1cc(C=O)[nH]c1C=O. The van der Waals surface area contributed by atoms with E-state index in [-0.39, 0.29) is 28.7 Å². The lowest BCUT2D eigenvalue weighted by atomic mass is 9.94. The number of aldehydes is 2. The first-order chi connectivity index (χ1) is 16.2. The quantitative estimate of drug-likeness (QED) is 0.436. The average molecular weight is 488 g/mol. The highest BCUT2D eigenvalue weighted by molar-refractivity contribution is 7.85. The number of nitrogens with one attached hydrogen (secondary N) is 2. The fourth-order valence-electron chi connectivity index (χ4n) is 4.08. The van der Waals surface area contributed by atoms with Gasteiger partial charge in [-0.25, -0.2) is 9.00 Å². The number of ether oxygens (including phenoxy) is 1. The molecule has 34 heavy (non-hydrogen) atoms. The Hall–Kier alpha value is -3.40. The number of carboxylic acids is 1. The summed E-state index contributed by atoms with van der Waals surface area (Å²) in [6.45, 7) is 0. The topological polar surface area (TPSA) is 129 Å². The highest BCUT2D eigenvalue weighted by Crippen LogP contribution is 2.39. The predicted octanol–water partition coefficient (Wildman–Crippen LogP) is 3.71. The maximum atomic E-state index is 12.0. The maximum Gasteiger partial charge on any atom is 0.337 e. The standard InChI is InChI=1S/C24H29N3O6S/c1-27(2)12-20(17-9-15(13-28)25-22(17)14-29)18-10-21(26-34(3)32)19(24(30)31)11-23(18)33-16-7-5-4-6-8-16/h9-14,16,25-26H,4-8H2,1-3H3,(H,30,31)/b20-12+. The second-order valence-electron chi connectivity index (χ2n) is 8.43. The van der Waals surface area contributed by atoms with Gasteiger partial charge in [0, 0.05) is 43.3 Å². The molecule has 1 aromatic heterocycles. The minimum atomic E-state index is -1.53. The molecule has 1 atom stereocenters. The summed E-state index contributed by atoms with van der Waals surface area (Å²) in [6, 6.07) is 4.56. The molecule has 1 aliphatic carbocycles. The van der Waals surface area contributed by atoms with Crippen molar-refractivity contribution in [2.45, 2.75) is 38.2 Å². The third-order valence-corrected chi connectivity index (χ3v) is 6.04. The number of carbonyl (C=O) groups excluding carboxylic acids is 2. The summed E-state index contributed by atoms with van der Waals surface area (Å²) in [5, 5.41) is 9.81. The van der Waals surface area contributed by atoms with Crippen LogP contribution in [0.5, 0.6) is 5.75 Å². The first-order valence-corrected chi connectivity index (χ1v) is 12.5. The summed E-state index contributed by atoms with van der Waals surface area (Å²) >= 11 is 0. The number of aromatic carboxylic acids is 1. The van der Waals surface area contributed by atoms with Gasteiger partial charge in [-0.1, -0.05) is 6.42 Å². The number of carbonyl (C=O) groups is 3. The Morgan fingerprint density at radius 1 is 1.12 bits per heavy atom. The normalized spacial score (nSPS) is 15.4. The van der Waals surface area contributed by atoms with E-state index in [1.807, 2.05) is 0 Å². The van der Waals surface area contributed by atoms with E-state index in [9.17, 15) is 23.7 Å². The molecule has 0 aliphatic heterocycles. The van der Waals surface area contributed by atoms with Crippen LogP contribution in [-0.2, 0) is 11.0 Å². The lowest BCUT2D eigenvalue weighted by molar-refractivity contribution is 0.0696. The second-order valence-corrected chi connectivity index (χ2v) is 9.54. The van der Waals surface area contributed by atoms with E-state index < -0.39 is 17.0 Å². The Labute approximate surface area is 200 Å². The molecule has 0 spiro atoms. The van der Waals surface area contributed by atoms with Crippen molar-refractivity contribution in [3.8, 4) is 5.75 Å². The van der Waals surface area contributed by atoms with Crippen molar-refractivity contribution >= 4 is 40.8 Å². The Balaban J connectivity index is 2.28. The minimum Gasteiger partial charge on any atom is -0.490 e. The minimum absolute atomic E-state index is 0.0730. The van der Waals surface area contributed by atoms with Crippen LogP contribution in [0.2, 0.25) is 0 Å². The number of hydrogen-bond acceptors (Lipinski definition) is 6. The van der Waals surface area contributed by atoms with Crippen LogP contribution in [0, 0.1) is 0 Å². The fraction of sp³-hybridized carbons (Fsp3) is 0.375. The molecule has 182 valence electrons. The Morgan fingerprint density at radius 2 is 1.82 bits per heavy atom. The molecule has 0 amide bonds. The van der Waals surface area contributed by atoms with Crippen LogP contribution >= 0.6 is 0 Å². The van der Waals surface area contributed by atoms with E-state index in [1.165, 1.54) is 12.3 Å². The molecule has 1 unspecified atom stereocenters. The number of hydrogen-bond donors (Lipinski definition) is 3. The molecule has 9 nitrogen and oxygen atoms in total. The third-order valence-electron chi connectivity index (χ3n) is 5.53. The van der Waals surface area contributed by atoms with Crippen molar-refractivity contribution in [1.82, 2.24) is 9.88 Å². The molecule has 0 bridgehead atoms. The molecule has 0 saturated heterocycles. The van der Waals surface area contributed by atoms with Crippen molar-refractivity contribution in [3.05, 3.63) is 52.5 Å². The zero-order chi connectivity index (χ0) is 24.8. The van der Waals surface area contributed by atoms with Crippen molar-refractivity contribution < 1.29 is 28.4 Å². The van der Waals surface area contributed by atoms with E-state index in [2.05, 4.69) is 9.71 Å². The van der Waals surface area contributed by atoms with Crippen LogP contribution in [-0.4, -0.2) is 64.2 Å². The van der Waals surface area contributed by atoms with Gasteiger partial charge in [0.05, 0.1) is 28.7 Å². The number of H-pyrrole nitrogens is 1. The average Bonchev–Trinajstić information content (AvgIpc) is 3.21. The lowest BCUT2D eigenvalue weighted by Gasteiger charge is -2.26. The molecule has 1 aliphatic rings. The molecule has 10 heteroatoms. The Kier molecular flexibility index (Phi) is 8.27. The van der Waals surface area contributed by atoms with Crippen LogP contribution in [0.15, 0.2) is 24.4 Å². The monoisotopic (exact) mass is 487 g/mol. The van der Waals surface area contributed by atoms with Gasteiger partial charge in [-0.05, 0) is 43.9 Å². The molecule has 1 fully saturated rings. The van der Waals surface area contributed by atoms with Gasteiger partial charge >= 0.3 is 5.97 Å². The first-order valence-electron chi connectivity index (χ1n) is 10.9. The number of benzene rings is 1.